The lowest BCUT2D eigenvalue weighted by molar-refractivity contribution is 0.133. The van der Waals surface area contributed by atoms with Gasteiger partial charge in [-0.2, -0.15) is 0 Å². The van der Waals surface area contributed by atoms with Crippen molar-refractivity contribution >= 4 is 33.3 Å². The van der Waals surface area contributed by atoms with Crippen LogP contribution in [0.4, 0.5) is 10.5 Å². The van der Waals surface area contributed by atoms with Crippen LogP contribution in [0.5, 0.6) is 5.75 Å². The van der Waals surface area contributed by atoms with Crippen LogP contribution >= 0.6 is 11.3 Å². The van der Waals surface area contributed by atoms with Gasteiger partial charge in [0.05, 0.1) is 27.5 Å². The van der Waals surface area contributed by atoms with E-state index in [1.165, 1.54) is 0 Å². The summed E-state index contributed by atoms with van der Waals surface area (Å²) >= 11 is 1.65. The lowest BCUT2D eigenvalue weighted by atomic mass is 10.2. The van der Waals surface area contributed by atoms with E-state index < -0.39 is 0 Å². The van der Waals surface area contributed by atoms with E-state index in [1.807, 2.05) is 42.2 Å². The lowest BCUT2D eigenvalue weighted by Crippen LogP contribution is -2.57. The first-order valence-electron chi connectivity index (χ1n) is 8.87. The normalized spacial score (nSPS) is 17.1. The van der Waals surface area contributed by atoms with E-state index >= 15 is 0 Å². The van der Waals surface area contributed by atoms with E-state index in [2.05, 4.69) is 20.6 Å². The fourth-order valence-corrected chi connectivity index (χ4v) is 3.93. The molecule has 1 aromatic carbocycles. The van der Waals surface area contributed by atoms with Crippen molar-refractivity contribution in [1.82, 2.24) is 20.2 Å². The molecule has 0 spiro atoms. The minimum Gasteiger partial charge on any atom is -0.490 e. The van der Waals surface area contributed by atoms with Crippen LogP contribution in [0.25, 0.3) is 10.2 Å². The fourth-order valence-electron chi connectivity index (χ4n) is 3.12. The summed E-state index contributed by atoms with van der Waals surface area (Å²) in [6.07, 6.45) is 3.38. The van der Waals surface area contributed by atoms with Crippen LogP contribution in [0, 0.1) is 6.92 Å². The number of hydrogen-bond donors (Lipinski definition) is 2. The molecule has 0 radical (unpaired) electrons. The Labute approximate surface area is 161 Å². The molecule has 0 bridgehead atoms. The van der Waals surface area contributed by atoms with Gasteiger partial charge < -0.3 is 20.3 Å². The molecule has 0 aliphatic carbocycles. The molecule has 0 saturated carbocycles. The first-order chi connectivity index (χ1) is 13.2. The van der Waals surface area contributed by atoms with E-state index in [1.54, 1.807) is 23.7 Å². The van der Waals surface area contributed by atoms with Gasteiger partial charge in [-0.3, -0.25) is 4.98 Å². The van der Waals surface area contributed by atoms with Crippen LogP contribution in [0.15, 0.2) is 42.7 Å². The predicted molar refractivity (Wildman–Crippen MR) is 106 cm³/mol. The average molecular weight is 383 g/mol. The molecule has 3 heterocycles. The van der Waals surface area contributed by atoms with Crippen LogP contribution in [-0.2, 0) is 0 Å². The maximum absolute atomic E-state index is 12.8. The summed E-state index contributed by atoms with van der Waals surface area (Å²) < 4.78 is 6.92. The van der Waals surface area contributed by atoms with Gasteiger partial charge in [-0.1, -0.05) is 0 Å². The minimum atomic E-state index is -0.123. The largest absolute Gasteiger partial charge is 0.490 e. The van der Waals surface area contributed by atoms with Crippen molar-refractivity contribution in [2.75, 3.05) is 31.6 Å². The number of urea groups is 1. The quantitative estimate of drug-likeness (QED) is 0.724. The molecule has 1 fully saturated rings. The summed E-state index contributed by atoms with van der Waals surface area (Å²) in [5.74, 6) is 0.702. The number of hydrogen-bond acceptors (Lipinski definition) is 6. The standard InChI is InChI=1S/C19H21N5O2S/c1-13-22-17-9-14(4-5-18(17)27-13)23-19(25)24-8-7-21-10-15(24)12-26-16-3-2-6-20-11-16/h2-6,9,11,15,21H,7-8,10,12H2,1H3,(H,23,25). The number of aromatic nitrogens is 2. The van der Waals surface area contributed by atoms with Crippen LogP contribution in [0.3, 0.4) is 0 Å². The van der Waals surface area contributed by atoms with Crippen LogP contribution in [0.2, 0.25) is 0 Å². The Morgan fingerprint density at radius 3 is 3.22 bits per heavy atom. The van der Waals surface area contributed by atoms with Gasteiger partial charge in [0.1, 0.15) is 12.4 Å². The van der Waals surface area contributed by atoms with Gasteiger partial charge in [0.2, 0.25) is 0 Å². The maximum Gasteiger partial charge on any atom is 0.322 e. The number of pyridine rings is 1. The molecule has 7 nitrogen and oxygen atoms in total. The molecule has 8 heteroatoms. The molecule has 3 aromatic rings. The Kier molecular flexibility index (Phi) is 5.17. The summed E-state index contributed by atoms with van der Waals surface area (Å²) in [5, 5.41) is 7.33. The van der Waals surface area contributed by atoms with Crippen molar-refractivity contribution in [2.45, 2.75) is 13.0 Å². The number of rotatable bonds is 4. The van der Waals surface area contributed by atoms with Crippen molar-refractivity contribution < 1.29 is 9.53 Å². The number of piperazine rings is 1. The van der Waals surface area contributed by atoms with Gasteiger partial charge in [-0.05, 0) is 37.3 Å². The summed E-state index contributed by atoms with van der Waals surface area (Å²) in [5.41, 5.74) is 1.66. The number of thiazole rings is 1. The summed E-state index contributed by atoms with van der Waals surface area (Å²) in [6, 6.07) is 9.35. The molecule has 1 atom stereocenters. The summed E-state index contributed by atoms with van der Waals surface area (Å²) in [7, 11) is 0. The zero-order valence-electron chi connectivity index (χ0n) is 15.0. The van der Waals surface area contributed by atoms with Crippen molar-refractivity contribution in [3.8, 4) is 5.75 Å². The third-order valence-corrected chi connectivity index (χ3v) is 5.39. The predicted octanol–water partition coefficient (Wildman–Crippen LogP) is 2.88. The number of ether oxygens (including phenoxy) is 1. The molecular weight excluding hydrogens is 362 g/mol. The van der Waals surface area contributed by atoms with E-state index in [0.29, 0.717) is 25.4 Å². The third kappa shape index (κ3) is 4.17. The van der Waals surface area contributed by atoms with Gasteiger partial charge in [0.15, 0.2) is 0 Å². The van der Waals surface area contributed by atoms with Crippen LogP contribution in [0.1, 0.15) is 5.01 Å². The highest BCUT2D eigenvalue weighted by molar-refractivity contribution is 7.18. The van der Waals surface area contributed by atoms with E-state index in [4.69, 9.17) is 4.74 Å². The molecule has 4 rings (SSSR count). The van der Waals surface area contributed by atoms with E-state index in [0.717, 1.165) is 27.5 Å². The highest BCUT2D eigenvalue weighted by atomic mass is 32.1. The second kappa shape index (κ2) is 7.89. The van der Waals surface area contributed by atoms with Crippen molar-refractivity contribution in [3.05, 3.63) is 47.7 Å². The average Bonchev–Trinajstić information content (AvgIpc) is 3.06. The Balaban J connectivity index is 1.43. The first kappa shape index (κ1) is 17.7. The molecule has 2 amide bonds. The van der Waals surface area contributed by atoms with Crippen LogP contribution < -0.4 is 15.4 Å². The second-order valence-electron chi connectivity index (χ2n) is 6.40. The number of nitrogens with zero attached hydrogens (tertiary/aromatic N) is 3. The second-order valence-corrected chi connectivity index (χ2v) is 7.63. The van der Waals surface area contributed by atoms with Crippen molar-refractivity contribution in [1.29, 1.82) is 0 Å². The highest BCUT2D eigenvalue weighted by Crippen LogP contribution is 2.24. The minimum absolute atomic E-state index is 0.0517. The highest BCUT2D eigenvalue weighted by Gasteiger charge is 2.27. The van der Waals surface area contributed by atoms with Gasteiger partial charge in [-0.15, -0.1) is 11.3 Å². The molecule has 2 N–H and O–H groups in total. The SMILES string of the molecule is Cc1nc2cc(NC(=O)N3CCNCC3COc3cccnc3)ccc2s1. The van der Waals surface area contributed by atoms with Gasteiger partial charge in [-0.25, -0.2) is 9.78 Å². The molecule has 2 aromatic heterocycles. The van der Waals surface area contributed by atoms with Crippen molar-refractivity contribution in [3.63, 3.8) is 0 Å². The molecular formula is C19H21N5O2S. The topological polar surface area (TPSA) is 79.4 Å². The van der Waals surface area contributed by atoms with E-state index in [9.17, 15) is 4.79 Å². The number of carbonyl (C=O) groups excluding carboxylic acids is 1. The Morgan fingerprint density at radius 2 is 2.37 bits per heavy atom. The number of nitrogens with one attached hydrogen (secondary N) is 2. The number of benzene rings is 1. The van der Waals surface area contributed by atoms with E-state index in [-0.39, 0.29) is 12.1 Å². The van der Waals surface area contributed by atoms with Gasteiger partial charge in [0.25, 0.3) is 0 Å². The molecule has 1 aliphatic rings. The Morgan fingerprint density at radius 1 is 1.44 bits per heavy atom. The van der Waals surface area contributed by atoms with Crippen molar-refractivity contribution in [2.24, 2.45) is 0 Å². The number of anilines is 1. The summed E-state index contributed by atoms with van der Waals surface area (Å²) in [4.78, 5) is 23.2. The fraction of sp³-hybridized carbons (Fsp3) is 0.316. The van der Waals surface area contributed by atoms with Gasteiger partial charge in [0, 0.05) is 31.5 Å². The molecule has 1 saturated heterocycles. The van der Waals surface area contributed by atoms with Gasteiger partial charge >= 0.3 is 6.03 Å². The smallest absolute Gasteiger partial charge is 0.322 e. The van der Waals surface area contributed by atoms with Crippen LogP contribution in [-0.4, -0.2) is 53.2 Å². The zero-order chi connectivity index (χ0) is 18.6. The number of carbonyl (C=O) groups is 1. The Bertz CT molecular complexity index is 930. The lowest BCUT2D eigenvalue weighted by Gasteiger charge is -2.35. The molecule has 27 heavy (non-hydrogen) atoms. The molecule has 1 unspecified atom stereocenters. The number of aryl methyl sites for hydroxylation is 1. The summed E-state index contributed by atoms with van der Waals surface area (Å²) in [6.45, 7) is 4.48. The number of fused-ring (bicyclic) bond motifs is 1. The molecule has 1 aliphatic heterocycles. The third-order valence-electron chi connectivity index (χ3n) is 4.43. The monoisotopic (exact) mass is 383 g/mol. The first-order valence-corrected chi connectivity index (χ1v) is 9.69. The maximum atomic E-state index is 12.8. The molecule has 140 valence electrons. The number of amides is 2. The zero-order valence-corrected chi connectivity index (χ0v) is 15.8. The Hall–Kier alpha value is -2.71.